The monoisotopic (exact) mass is 252 g/mol. The molecule has 100 valence electrons. The molecule has 0 aromatic heterocycles. The number of nitrogens with zero attached hydrogens (tertiary/aromatic N) is 1. The van der Waals surface area contributed by atoms with E-state index in [0.717, 1.165) is 12.8 Å². The number of hydrogen-bond acceptors (Lipinski definition) is 3. The molecule has 1 aliphatic carbocycles. The molecule has 0 spiro atoms. The summed E-state index contributed by atoms with van der Waals surface area (Å²) in [5.74, 6) is 0.0119. The third kappa shape index (κ3) is 2.65. The van der Waals surface area contributed by atoms with Gasteiger partial charge in [0.15, 0.2) is 0 Å². The number of nitrogens with two attached hydrogens (primary N) is 1. The Morgan fingerprint density at radius 2 is 2.11 bits per heavy atom. The molecule has 3 N–H and O–H groups in total. The van der Waals surface area contributed by atoms with Gasteiger partial charge in [0, 0.05) is 19.6 Å². The molecule has 1 atom stereocenters. The smallest absolute Gasteiger partial charge is 0.146 e. The molecule has 0 radical (unpaired) electrons. The zero-order valence-electron chi connectivity index (χ0n) is 10.8. The zero-order valence-corrected chi connectivity index (χ0v) is 10.8. The van der Waals surface area contributed by atoms with Gasteiger partial charge in [-0.25, -0.2) is 4.39 Å². The summed E-state index contributed by atoms with van der Waals surface area (Å²) in [5.41, 5.74) is 5.34. The Kier molecular flexibility index (Phi) is 3.88. The first-order valence-corrected chi connectivity index (χ1v) is 6.52. The minimum Gasteiger partial charge on any atom is -0.386 e. The number of halogens is 1. The van der Waals surface area contributed by atoms with Crippen molar-refractivity contribution in [2.75, 3.05) is 24.5 Å². The highest BCUT2D eigenvalue weighted by molar-refractivity contribution is 5.48. The number of para-hydroxylation sites is 1. The van der Waals surface area contributed by atoms with Crippen LogP contribution in [0.3, 0.4) is 0 Å². The van der Waals surface area contributed by atoms with E-state index in [1.54, 1.807) is 18.2 Å². The predicted octanol–water partition coefficient (Wildman–Crippen LogP) is 1.75. The van der Waals surface area contributed by atoms with E-state index >= 15 is 0 Å². The lowest BCUT2D eigenvalue weighted by atomic mass is 9.97. The number of rotatable bonds is 6. The average molecular weight is 252 g/mol. The quantitative estimate of drug-likeness (QED) is 0.811. The van der Waals surface area contributed by atoms with Gasteiger partial charge < -0.3 is 15.7 Å². The van der Waals surface area contributed by atoms with Crippen molar-refractivity contribution in [1.29, 1.82) is 0 Å². The molecule has 1 aromatic rings. The lowest BCUT2D eigenvalue weighted by Crippen LogP contribution is -2.50. The standard InChI is InChI=1S/C14H21FN2O/c1-2-17(13-6-4-3-5-12(13)15)10-14(18,9-16)11-7-8-11/h3-6,11,18H,2,7-10,16H2,1H3. The van der Waals surface area contributed by atoms with Crippen LogP contribution in [0, 0.1) is 11.7 Å². The minimum absolute atomic E-state index is 0.225. The molecule has 0 aliphatic heterocycles. The summed E-state index contributed by atoms with van der Waals surface area (Å²) >= 11 is 0. The molecule has 2 rings (SSSR count). The molecule has 0 amide bonds. The van der Waals surface area contributed by atoms with E-state index in [9.17, 15) is 9.50 Å². The summed E-state index contributed by atoms with van der Waals surface area (Å²) in [5, 5.41) is 10.5. The summed E-state index contributed by atoms with van der Waals surface area (Å²) in [7, 11) is 0. The molecule has 4 heteroatoms. The van der Waals surface area contributed by atoms with E-state index in [1.807, 2.05) is 11.8 Å². The fourth-order valence-corrected chi connectivity index (χ4v) is 2.39. The lowest BCUT2D eigenvalue weighted by Gasteiger charge is -2.34. The van der Waals surface area contributed by atoms with Gasteiger partial charge in [0.1, 0.15) is 5.82 Å². The number of anilines is 1. The van der Waals surface area contributed by atoms with Crippen molar-refractivity contribution < 1.29 is 9.50 Å². The largest absolute Gasteiger partial charge is 0.386 e. The van der Waals surface area contributed by atoms with Crippen molar-refractivity contribution in [3.63, 3.8) is 0 Å². The molecular weight excluding hydrogens is 231 g/mol. The Balaban J connectivity index is 2.16. The molecule has 3 nitrogen and oxygen atoms in total. The summed E-state index contributed by atoms with van der Waals surface area (Å²) in [6.45, 7) is 3.22. The van der Waals surface area contributed by atoms with Crippen LogP contribution in [0.25, 0.3) is 0 Å². The van der Waals surface area contributed by atoms with Crippen LogP contribution in [0.15, 0.2) is 24.3 Å². The van der Waals surface area contributed by atoms with Crippen LogP contribution in [0.1, 0.15) is 19.8 Å². The molecule has 1 fully saturated rings. The van der Waals surface area contributed by atoms with Gasteiger partial charge in [0.2, 0.25) is 0 Å². The highest BCUT2D eigenvalue weighted by Gasteiger charge is 2.43. The Labute approximate surface area is 107 Å². The summed E-state index contributed by atoms with van der Waals surface area (Å²) in [4.78, 5) is 1.86. The Morgan fingerprint density at radius 1 is 1.44 bits per heavy atom. The van der Waals surface area contributed by atoms with Crippen molar-refractivity contribution in [1.82, 2.24) is 0 Å². The van der Waals surface area contributed by atoms with Crippen LogP contribution >= 0.6 is 0 Å². The highest BCUT2D eigenvalue weighted by atomic mass is 19.1. The molecule has 0 heterocycles. The average Bonchev–Trinajstić information content (AvgIpc) is 3.21. The van der Waals surface area contributed by atoms with Crippen molar-refractivity contribution in [2.24, 2.45) is 11.7 Å². The van der Waals surface area contributed by atoms with Gasteiger partial charge in [-0.1, -0.05) is 12.1 Å². The topological polar surface area (TPSA) is 49.5 Å². The SMILES string of the molecule is CCN(CC(O)(CN)C1CC1)c1ccccc1F. The van der Waals surface area contributed by atoms with Crippen molar-refractivity contribution in [3.05, 3.63) is 30.1 Å². The number of benzene rings is 1. The van der Waals surface area contributed by atoms with E-state index in [-0.39, 0.29) is 18.3 Å². The predicted molar refractivity (Wildman–Crippen MR) is 71.0 cm³/mol. The maximum Gasteiger partial charge on any atom is 0.146 e. The Morgan fingerprint density at radius 3 is 2.61 bits per heavy atom. The maximum absolute atomic E-state index is 13.8. The highest BCUT2D eigenvalue weighted by Crippen LogP contribution is 2.40. The molecule has 18 heavy (non-hydrogen) atoms. The van der Waals surface area contributed by atoms with Crippen LogP contribution in [0.5, 0.6) is 0 Å². The van der Waals surface area contributed by atoms with E-state index in [1.165, 1.54) is 6.07 Å². The van der Waals surface area contributed by atoms with Crippen molar-refractivity contribution >= 4 is 5.69 Å². The van der Waals surface area contributed by atoms with E-state index < -0.39 is 5.60 Å². The van der Waals surface area contributed by atoms with Crippen LogP contribution in [0.4, 0.5) is 10.1 Å². The van der Waals surface area contributed by atoms with Crippen LogP contribution in [-0.2, 0) is 0 Å². The zero-order chi connectivity index (χ0) is 13.2. The third-order valence-electron chi connectivity index (χ3n) is 3.73. The van der Waals surface area contributed by atoms with Crippen molar-refractivity contribution in [2.45, 2.75) is 25.4 Å². The molecule has 0 bridgehead atoms. The summed E-state index contributed by atoms with van der Waals surface area (Å²) in [6, 6.07) is 6.65. The van der Waals surface area contributed by atoms with Gasteiger partial charge >= 0.3 is 0 Å². The molecule has 1 saturated carbocycles. The number of likely N-dealkylation sites (N-methyl/N-ethyl adjacent to an activating group) is 1. The number of hydrogen-bond donors (Lipinski definition) is 2. The first-order chi connectivity index (χ1) is 8.60. The maximum atomic E-state index is 13.8. The fraction of sp³-hybridized carbons (Fsp3) is 0.571. The van der Waals surface area contributed by atoms with Crippen LogP contribution in [-0.4, -0.2) is 30.3 Å². The second-order valence-electron chi connectivity index (χ2n) is 5.05. The molecule has 0 saturated heterocycles. The Hall–Kier alpha value is -1.13. The normalized spacial score (nSPS) is 18.4. The second kappa shape index (κ2) is 5.24. The third-order valence-corrected chi connectivity index (χ3v) is 3.73. The summed E-state index contributed by atoms with van der Waals surface area (Å²) < 4.78 is 13.8. The van der Waals surface area contributed by atoms with E-state index in [0.29, 0.717) is 18.8 Å². The molecule has 1 unspecified atom stereocenters. The molecule has 1 aromatic carbocycles. The minimum atomic E-state index is -0.891. The van der Waals surface area contributed by atoms with E-state index in [4.69, 9.17) is 5.73 Å². The van der Waals surface area contributed by atoms with Gasteiger partial charge in [0.25, 0.3) is 0 Å². The fourth-order valence-electron chi connectivity index (χ4n) is 2.39. The van der Waals surface area contributed by atoms with Gasteiger partial charge in [-0.05, 0) is 37.8 Å². The molecule has 1 aliphatic rings. The van der Waals surface area contributed by atoms with Crippen LogP contribution in [0.2, 0.25) is 0 Å². The van der Waals surface area contributed by atoms with Gasteiger partial charge in [-0.3, -0.25) is 0 Å². The van der Waals surface area contributed by atoms with Crippen molar-refractivity contribution in [3.8, 4) is 0 Å². The number of aliphatic hydroxyl groups is 1. The van der Waals surface area contributed by atoms with Gasteiger partial charge in [-0.2, -0.15) is 0 Å². The first kappa shape index (κ1) is 13.3. The second-order valence-corrected chi connectivity index (χ2v) is 5.05. The Bertz CT molecular complexity index is 409. The van der Waals surface area contributed by atoms with E-state index in [2.05, 4.69) is 0 Å². The first-order valence-electron chi connectivity index (χ1n) is 6.52. The van der Waals surface area contributed by atoms with Crippen LogP contribution < -0.4 is 10.6 Å². The van der Waals surface area contributed by atoms with Gasteiger partial charge in [-0.15, -0.1) is 0 Å². The van der Waals surface area contributed by atoms with Gasteiger partial charge in [0.05, 0.1) is 11.3 Å². The summed E-state index contributed by atoms with van der Waals surface area (Å²) in [6.07, 6.45) is 2.03. The molecular formula is C14H21FN2O. The lowest BCUT2D eigenvalue weighted by molar-refractivity contribution is 0.0335.